The SMILES string of the molecule is C=C(C)/C1=C(\C)CC(c2ccccc2)C(=O)CN(C)C1. The van der Waals surface area contributed by atoms with Gasteiger partial charge in [-0.15, -0.1) is 0 Å². The van der Waals surface area contributed by atoms with Crippen LogP contribution in [0.5, 0.6) is 0 Å². The summed E-state index contributed by atoms with van der Waals surface area (Å²) in [4.78, 5) is 14.6. The lowest BCUT2D eigenvalue weighted by molar-refractivity contribution is -0.121. The number of rotatable bonds is 2. The third-order valence-corrected chi connectivity index (χ3v) is 3.99. The van der Waals surface area contributed by atoms with Gasteiger partial charge in [-0.05, 0) is 38.5 Å². The van der Waals surface area contributed by atoms with Crippen LogP contribution >= 0.6 is 0 Å². The number of carbonyl (C=O) groups excluding carboxylic acids is 1. The Bertz CT molecular complexity index is 542. The molecule has 2 rings (SSSR count). The molecule has 1 heterocycles. The van der Waals surface area contributed by atoms with Gasteiger partial charge < -0.3 is 0 Å². The molecule has 1 aromatic carbocycles. The van der Waals surface area contributed by atoms with Crippen molar-refractivity contribution in [3.8, 4) is 0 Å². The van der Waals surface area contributed by atoms with Gasteiger partial charge in [0.2, 0.25) is 0 Å². The first-order valence-corrected chi connectivity index (χ1v) is 7.09. The maximum atomic E-state index is 12.5. The normalized spacial score (nSPS) is 25.1. The van der Waals surface area contributed by atoms with Crippen LogP contribution in [0.1, 0.15) is 31.7 Å². The van der Waals surface area contributed by atoms with Crippen LogP contribution in [0.3, 0.4) is 0 Å². The summed E-state index contributed by atoms with van der Waals surface area (Å²) >= 11 is 0. The zero-order chi connectivity index (χ0) is 14.7. The second kappa shape index (κ2) is 6.19. The average Bonchev–Trinajstić information content (AvgIpc) is 2.41. The standard InChI is InChI=1S/C18H23NO/c1-13(2)17-11-19(4)12-18(20)16(10-14(17)3)15-8-6-5-7-9-15/h5-9,16H,1,10-12H2,2-4H3/b17-14+. The Morgan fingerprint density at radius 3 is 2.50 bits per heavy atom. The summed E-state index contributed by atoms with van der Waals surface area (Å²) in [7, 11) is 2.00. The number of Topliss-reactive ketones (excluding diaryl/α,β-unsaturated/α-hetero) is 1. The fraction of sp³-hybridized carbons (Fsp3) is 0.389. The molecule has 0 bridgehead atoms. The van der Waals surface area contributed by atoms with Gasteiger partial charge >= 0.3 is 0 Å². The molecule has 0 aromatic heterocycles. The highest BCUT2D eigenvalue weighted by Crippen LogP contribution is 2.30. The number of benzene rings is 1. The van der Waals surface area contributed by atoms with E-state index in [0.29, 0.717) is 12.3 Å². The largest absolute Gasteiger partial charge is 0.298 e. The van der Waals surface area contributed by atoms with Gasteiger partial charge in [-0.25, -0.2) is 0 Å². The van der Waals surface area contributed by atoms with Gasteiger partial charge in [0, 0.05) is 12.5 Å². The van der Waals surface area contributed by atoms with Gasteiger partial charge in [0.25, 0.3) is 0 Å². The average molecular weight is 269 g/mol. The monoisotopic (exact) mass is 269 g/mol. The van der Waals surface area contributed by atoms with Gasteiger partial charge in [0.05, 0.1) is 6.54 Å². The van der Waals surface area contributed by atoms with Crippen LogP contribution in [0.15, 0.2) is 53.6 Å². The van der Waals surface area contributed by atoms with Crippen molar-refractivity contribution >= 4 is 5.78 Å². The van der Waals surface area contributed by atoms with Gasteiger partial charge in [-0.1, -0.05) is 48.1 Å². The molecule has 0 saturated heterocycles. The maximum absolute atomic E-state index is 12.5. The van der Waals surface area contributed by atoms with Crippen molar-refractivity contribution in [2.75, 3.05) is 20.1 Å². The summed E-state index contributed by atoms with van der Waals surface area (Å²) in [6.07, 6.45) is 0.804. The first-order chi connectivity index (χ1) is 9.49. The number of carbonyl (C=O) groups is 1. The Hall–Kier alpha value is -1.67. The van der Waals surface area contributed by atoms with E-state index >= 15 is 0 Å². The molecule has 1 aromatic rings. The molecule has 0 radical (unpaired) electrons. The molecule has 1 atom stereocenters. The second-order valence-electron chi connectivity index (χ2n) is 5.85. The molecule has 0 spiro atoms. The van der Waals surface area contributed by atoms with E-state index in [0.717, 1.165) is 24.1 Å². The van der Waals surface area contributed by atoms with Crippen LogP contribution < -0.4 is 0 Å². The summed E-state index contributed by atoms with van der Waals surface area (Å²) < 4.78 is 0. The lowest BCUT2D eigenvalue weighted by Crippen LogP contribution is -2.33. The van der Waals surface area contributed by atoms with Gasteiger partial charge in [-0.2, -0.15) is 0 Å². The predicted molar refractivity (Wildman–Crippen MR) is 83.8 cm³/mol. The molecule has 1 aliphatic rings. The number of nitrogens with zero attached hydrogens (tertiary/aromatic N) is 1. The van der Waals surface area contributed by atoms with E-state index in [1.807, 2.05) is 32.2 Å². The van der Waals surface area contributed by atoms with Crippen molar-refractivity contribution in [3.63, 3.8) is 0 Å². The van der Waals surface area contributed by atoms with Crippen molar-refractivity contribution in [1.29, 1.82) is 0 Å². The molecule has 106 valence electrons. The highest BCUT2D eigenvalue weighted by atomic mass is 16.1. The maximum Gasteiger partial charge on any atom is 0.154 e. The van der Waals surface area contributed by atoms with Crippen molar-refractivity contribution in [3.05, 3.63) is 59.2 Å². The topological polar surface area (TPSA) is 20.3 Å². The number of likely N-dealkylation sites (N-methyl/N-ethyl adjacent to an activating group) is 1. The number of ketones is 1. The fourth-order valence-electron chi connectivity index (χ4n) is 2.87. The van der Waals surface area contributed by atoms with Crippen molar-refractivity contribution in [1.82, 2.24) is 4.90 Å². The fourth-order valence-corrected chi connectivity index (χ4v) is 2.87. The van der Waals surface area contributed by atoms with E-state index in [9.17, 15) is 4.79 Å². The first-order valence-electron chi connectivity index (χ1n) is 7.09. The molecule has 0 amide bonds. The van der Waals surface area contributed by atoms with E-state index in [1.165, 1.54) is 11.1 Å². The van der Waals surface area contributed by atoms with Gasteiger partial charge in [0.15, 0.2) is 5.78 Å². The molecule has 0 saturated carbocycles. The molecule has 0 N–H and O–H groups in total. The van der Waals surface area contributed by atoms with Crippen LogP contribution in [0.25, 0.3) is 0 Å². The molecule has 1 aliphatic heterocycles. The van der Waals surface area contributed by atoms with E-state index in [-0.39, 0.29) is 5.92 Å². The van der Waals surface area contributed by atoms with Crippen LogP contribution in [0, 0.1) is 0 Å². The lowest BCUT2D eigenvalue weighted by Gasteiger charge is -2.28. The number of hydrogen-bond acceptors (Lipinski definition) is 2. The summed E-state index contributed by atoms with van der Waals surface area (Å²) in [5, 5.41) is 0. The van der Waals surface area contributed by atoms with Crippen LogP contribution in [-0.4, -0.2) is 30.8 Å². The quantitative estimate of drug-likeness (QED) is 0.818. The highest BCUT2D eigenvalue weighted by molar-refractivity contribution is 5.88. The molecule has 0 aliphatic carbocycles. The summed E-state index contributed by atoms with van der Waals surface area (Å²) in [6, 6.07) is 10.1. The Kier molecular flexibility index (Phi) is 4.56. The molecule has 1 unspecified atom stereocenters. The highest BCUT2D eigenvalue weighted by Gasteiger charge is 2.25. The molecular formula is C18H23NO. The smallest absolute Gasteiger partial charge is 0.154 e. The Balaban J connectivity index is 2.40. The Morgan fingerprint density at radius 2 is 1.90 bits per heavy atom. The minimum absolute atomic E-state index is 0.0340. The minimum atomic E-state index is -0.0340. The van der Waals surface area contributed by atoms with E-state index in [4.69, 9.17) is 0 Å². The number of allylic oxidation sites excluding steroid dienone is 1. The zero-order valence-electron chi connectivity index (χ0n) is 12.6. The van der Waals surface area contributed by atoms with Crippen molar-refractivity contribution in [2.45, 2.75) is 26.2 Å². The summed E-state index contributed by atoms with van der Waals surface area (Å²) in [5.74, 6) is 0.270. The molecule has 0 fully saturated rings. The summed E-state index contributed by atoms with van der Waals surface area (Å²) in [5.41, 5.74) is 4.80. The minimum Gasteiger partial charge on any atom is -0.298 e. The van der Waals surface area contributed by atoms with Crippen molar-refractivity contribution in [2.24, 2.45) is 0 Å². The van der Waals surface area contributed by atoms with Crippen LogP contribution in [0.2, 0.25) is 0 Å². The zero-order valence-corrected chi connectivity index (χ0v) is 12.6. The predicted octanol–water partition coefficient (Wildman–Crippen LogP) is 3.57. The second-order valence-corrected chi connectivity index (χ2v) is 5.85. The molecular weight excluding hydrogens is 246 g/mol. The van der Waals surface area contributed by atoms with Crippen molar-refractivity contribution < 1.29 is 4.79 Å². The van der Waals surface area contributed by atoms with Crippen LogP contribution in [-0.2, 0) is 4.79 Å². The van der Waals surface area contributed by atoms with E-state index in [2.05, 4.69) is 30.5 Å². The Labute approximate surface area is 121 Å². The number of hydrogen-bond donors (Lipinski definition) is 0. The van der Waals surface area contributed by atoms with E-state index < -0.39 is 0 Å². The third-order valence-electron chi connectivity index (χ3n) is 3.99. The third kappa shape index (κ3) is 3.26. The van der Waals surface area contributed by atoms with Crippen LogP contribution in [0.4, 0.5) is 0 Å². The molecule has 2 nitrogen and oxygen atoms in total. The van der Waals surface area contributed by atoms with Gasteiger partial charge in [-0.3, -0.25) is 9.69 Å². The summed E-state index contributed by atoms with van der Waals surface area (Å²) in [6.45, 7) is 9.58. The first kappa shape index (κ1) is 14.7. The van der Waals surface area contributed by atoms with Gasteiger partial charge in [0.1, 0.15) is 0 Å². The molecule has 2 heteroatoms. The lowest BCUT2D eigenvalue weighted by atomic mass is 9.84. The Morgan fingerprint density at radius 1 is 1.25 bits per heavy atom. The van der Waals surface area contributed by atoms with E-state index in [1.54, 1.807) is 0 Å². The molecule has 20 heavy (non-hydrogen) atoms.